The van der Waals surface area contributed by atoms with E-state index in [0.717, 1.165) is 25.7 Å². The molecule has 1 aliphatic heterocycles. The zero-order valence-electron chi connectivity index (χ0n) is 16.6. The Kier molecular flexibility index (Phi) is 5.85. The summed E-state index contributed by atoms with van der Waals surface area (Å²) in [4.78, 5) is 0.00450. The van der Waals surface area contributed by atoms with Crippen molar-refractivity contribution in [3.63, 3.8) is 0 Å². The summed E-state index contributed by atoms with van der Waals surface area (Å²) in [7, 11) is -11.2. The van der Waals surface area contributed by atoms with Gasteiger partial charge in [0.2, 0.25) is 20.0 Å². The molecule has 31 heavy (non-hydrogen) atoms. The number of hydrogen-bond donors (Lipinski definition) is 2. The summed E-state index contributed by atoms with van der Waals surface area (Å²) in [6.45, 7) is 0.928. The molecule has 0 aromatic heterocycles. The lowest BCUT2D eigenvalue weighted by Gasteiger charge is -2.15. The van der Waals surface area contributed by atoms with Gasteiger partial charge < -0.3 is 0 Å². The molecule has 0 amide bonds. The molecule has 2 fully saturated rings. The fourth-order valence-corrected chi connectivity index (χ4v) is 7.15. The maximum absolute atomic E-state index is 12.7. The van der Waals surface area contributed by atoms with Gasteiger partial charge in [-0.05, 0) is 74.2 Å². The first-order chi connectivity index (χ1) is 14.6. The van der Waals surface area contributed by atoms with E-state index in [1.807, 2.05) is 0 Å². The molecule has 1 aliphatic carbocycles. The molecule has 0 bridgehead atoms. The van der Waals surface area contributed by atoms with E-state index in [9.17, 15) is 25.3 Å². The van der Waals surface area contributed by atoms with Crippen LogP contribution in [0, 0.1) is 0 Å². The predicted molar refractivity (Wildman–Crippen MR) is 115 cm³/mol. The summed E-state index contributed by atoms with van der Waals surface area (Å²) in [5.41, 5.74) is 0.194. The highest BCUT2D eigenvalue weighted by Gasteiger charge is 2.29. The highest BCUT2D eigenvalue weighted by atomic mass is 32.2. The molecule has 0 atom stereocenters. The second-order valence-electron chi connectivity index (χ2n) is 7.61. The Hall–Kier alpha value is -1.99. The van der Waals surface area contributed by atoms with Gasteiger partial charge in [-0.2, -0.15) is 4.31 Å². The third kappa shape index (κ3) is 4.93. The summed E-state index contributed by atoms with van der Waals surface area (Å²) in [6.07, 6.45) is 3.25. The molecule has 4 rings (SSSR count). The van der Waals surface area contributed by atoms with Gasteiger partial charge in [-0.1, -0.05) is 0 Å². The molecule has 1 saturated carbocycles. The van der Waals surface area contributed by atoms with Gasteiger partial charge in [-0.25, -0.2) is 30.0 Å². The number of nitrogens with zero attached hydrogens (tertiary/aromatic N) is 1. The van der Waals surface area contributed by atoms with Crippen molar-refractivity contribution in [2.75, 3.05) is 17.8 Å². The highest BCUT2D eigenvalue weighted by molar-refractivity contribution is 7.92. The lowest BCUT2D eigenvalue weighted by Crippen LogP contribution is -2.27. The Labute approximate surface area is 182 Å². The van der Waals surface area contributed by atoms with Crippen LogP contribution >= 0.6 is 0 Å². The molecule has 0 radical (unpaired) electrons. The smallest absolute Gasteiger partial charge is 0.261 e. The normalized spacial score (nSPS) is 18.2. The molecule has 2 aromatic rings. The SMILES string of the molecule is O=S(=O)(Nc1ccc(S(=O)(=O)NC2CC2)cc1)c1ccc(S(=O)(=O)N2CCCC2)cc1. The van der Waals surface area contributed by atoms with E-state index < -0.39 is 30.1 Å². The van der Waals surface area contributed by atoms with Gasteiger partial charge >= 0.3 is 0 Å². The van der Waals surface area contributed by atoms with Crippen LogP contribution in [0.1, 0.15) is 25.7 Å². The molecule has 2 N–H and O–H groups in total. The lowest BCUT2D eigenvalue weighted by atomic mass is 10.3. The first kappa shape index (κ1) is 22.2. The Morgan fingerprint density at radius 3 is 1.71 bits per heavy atom. The van der Waals surface area contributed by atoms with Crippen LogP contribution in [-0.2, 0) is 30.1 Å². The number of hydrogen-bond acceptors (Lipinski definition) is 6. The fourth-order valence-electron chi connectivity index (χ4n) is 3.27. The Bertz CT molecular complexity index is 1260. The van der Waals surface area contributed by atoms with Gasteiger partial charge in [-0.3, -0.25) is 4.72 Å². The molecular weight excluding hydrogens is 462 g/mol. The molecule has 0 unspecified atom stereocenters. The molecule has 1 saturated heterocycles. The molecule has 2 aliphatic rings. The van der Waals surface area contributed by atoms with E-state index in [-0.39, 0.29) is 26.4 Å². The molecule has 12 heteroatoms. The Balaban J connectivity index is 1.48. The largest absolute Gasteiger partial charge is 0.280 e. The van der Waals surface area contributed by atoms with Gasteiger partial charge in [-0.15, -0.1) is 0 Å². The van der Waals surface area contributed by atoms with E-state index >= 15 is 0 Å². The van der Waals surface area contributed by atoms with Crippen molar-refractivity contribution < 1.29 is 25.3 Å². The maximum atomic E-state index is 12.7. The second-order valence-corrected chi connectivity index (χ2v) is 12.9. The monoisotopic (exact) mass is 485 g/mol. The molecule has 9 nitrogen and oxygen atoms in total. The fraction of sp³-hybridized carbons (Fsp3) is 0.368. The minimum absolute atomic E-state index is 0.0274. The van der Waals surface area contributed by atoms with Crippen molar-refractivity contribution >= 4 is 35.8 Å². The van der Waals surface area contributed by atoms with Gasteiger partial charge in [0.25, 0.3) is 10.0 Å². The van der Waals surface area contributed by atoms with Crippen LogP contribution in [0.3, 0.4) is 0 Å². The minimum Gasteiger partial charge on any atom is -0.280 e. The molecule has 0 spiro atoms. The van der Waals surface area contributed by atoms with Crippen LogP contribution in [0.15, 0.2) is 63.2 Å². The summed E-state index contributed by atoms with van der Waals surface area (Å²) >= 11 is 0. The van der Waals surface area contributed by atoms with Gasteiger partial charge in [0.1, 0.15) is 0 Å². The van der Waals surface area contributed by atoms with Crippen LogP contribution < -0.4 is 9.44 Å². The molecular formula is C19H23N3O6S3. The van der Waals surface area contributed by atoms with Crippen LogP contribution in [0.5, 0.6) is 0 Å². The average Bonchev–Trinajstić information content (AvgIpc) is 3.34. The number of benzene rings is 2. The van der Waals surface area contributed by atoms with Crippen molar-refractivity contribution in [2.45, 2.75) is 46.4 Å². The van der Waals surface area contributed by atoms with Crippen molar-refractivity contribution in [1.29, 1.82) is 0 Å². The third-order valence-corrected chi connectivity index (χ3v) is 10.00. The van der Waals surface area contributed by atoms with Crippen molar-refractivity contribution in [3.05, 3.63) is 48.5 Å². The van der Waals surface area contributed by atoms with Gasteiger partial charge in [0, 0.05) is 24.8 Å². The van der Waals surface area contributed by atoms with Crippen molar-refractivity contribution in [3.8, 4) is 0 Å². The molecule has 168 valence electrons. The summed E-state index contributed by atoms with van der Waals surface area (Å²) < 4.78 is 81.2. The Morgan fingerprint density at radius 2 is 1.16 bits per heavy atom. The topological polar surface area (TPSA) is 130 Å². The minimum atomic E-state index is -3.98. The van der Waals surface area contributed by atoms with E-state index in [1.54, 1.807) is 0 Å². The highest BCUT2D eigenvalue weighted by Crippen LogP contribution is 2.25. The predicted octanol–water partition coefficient (Wildman–Crippen LogP) is 1.71. The van der Waals surface area contributed by atoms with Gasteiger partial charge in [0.15, 0.2) is 0 Å². The van der Waals surface area contributed by atoms with Gasteiger partial charge in [0.05, 0.1) is 14.7 Å². The first-order valence-corrected chi connectivity index (χ1v) is 14.2. The van der Waals surface area contributed by atoms with Crippen LogP contribution in [-0.4, -0.2) is 48.7 Å². The van der Waals surface area contributed by atoms with Crippen molar-refractivity contribution in [2.24, 2.45) is 0 Å². The number of rotatable bonds is 8. The van der Waals surface area contributed by atoms with Crippen LogP contribution in [0.4, 0.5) is 5.69 Å². The second kappa shape index (κ2) is 8.17. The zero-order valence-corrected chi connectivity index (χ0v) is 19.0. The van der Waals surface area contributed by atoms with E-state index in [4.69, 9.17) is 0 Å². The third-order valence-electron chi connectivity index (χ3n) is 5.15. The number of nitrogens with one attached hydrogen (secondary N) is 2. The average molecular weight is 486 g/mol. The lowest BCUT2D eigenvalue weighted by molar-refractivity contribution is 0.477. The van der Waals surface area contributed by atoms with Crippen molar-refractivity contribution in [1.82, 2.24) is 9.03 Å². The maximum Gasteiger partial charge on any atom is 0.261 e. The Morgan fingerprint density at radius 1 is 0.677 bits per heavy atom. The summed E-state index contributed by atoms with van der Waals surface area (Å²) in [5, 5.41) is 0. The van der Waals surface area contributed by atoms with Crippen LogP contribution in [0.25, 0.3) is 0 Å². The number of sulfonamides is 3. The molecule has 2 aromatic carbocycles. The van der Waals surface area contributed by atoms with E-state index in [2.05, 4.69) is 9.44 Å². The molecule has 1 heterocycles. The summed E-state index contributed by atoms with van der Waals surface area (Å²) in [5.74, 6) is 0. The zero-order chi connectivity index (χ0) is 22.3. The first-order valence-electron chi connectivity index (χ1n) is 9.83. The standard InChI is InChI=1S/C19H23N3O6S3/c23-29(24,20-15-3-4-15)17-7-5-16(6-8-17)21-30(25,26)18-9-11-19(12-10-18)31(27,28)22-13-1-2-14-22/h5-12,15,20-21H,1-4,13-14H2. The summed E-state index contributed by atoms with van der Waals surface area (Å²) in [6, 6.07) is 10.4. The number of anilines is 1. The van der Waals surface area contributed by atoms with E-state index in [1.165, 1.54) is 52.8 Å². The quantitative estimate of drug-likeness (QED) is 0.586. The van der Waals surface area contributed by atoms with Crippen LogP contribution in [0.2, 0.25) is 0 Å². The van der Waals surface area contributed by atoms with E-state index in [0.29, 0.717) is 13.1 Å².